The number of para-hydroxylation sites is 1. The van der Waals surface area contributed by atoms with Gasteiger partial charge in [-0.2, -0.15) is 0 Å². The molecule has 2 aliphatic rings. The average Bonchev–Trinajstić information content (AvgIpc) is 3.14. The highest BCUT2D eigenvalue weighted by atomic mass is 19.1. The van der Waals surface area contributed by atoms with Crippen molar-refractivity contribution >= 4 is 17.3 Å². The molecule has 136 valence electrons. The molecule has 0 spiro atoms. The predicted octanol–water partition coefficient (Wildman–Crippen LogP) is 3.64. The zero-order valence-corrected chi connectivity index (χ0v) is 14.8. The molecule has 0 aromatic heterocycles. The van der Waals surface area contributed by atoms with Gasteiger partial charge in [0.2, 0.25) is 5.91 Å². The molecule has 1 amide bonds. The molecule has 2 aliphatic heterocycles. The van der Waals surface area contributed by atoms with E-state index in [1.165, 1.54) is 28.9 Å². The van der Waals surface area contributed by atoms with Crippen molar-refractivity contribution < 1.29 is 9.18 Å². The molecular formula is C21H24FN3O. The molecule has 1 fully saturated rings. The summed E-state index contributed by atoms with van der Waals surface area (Å²) in [5, 5.41) is 6.40. The lowest BCUT2D eigenvalue weighted by molar-refractivity contribution is -0.121. The van der Waals surface area contributed by atoms with E-state index >= 15 is 0 Å². The third-order valence-electron chi connectivity index (χ3n) is 5.40. The summed E-state index contributed by atoms with van der Waals surface area (Å²) < 4.78 is 13.0. The van der Waals surface area contributed by atoms with Crippen molar-refractivity contribution in [3.05, 3.63) is 59.4 Å². The second-order valence-corrected chi connectivity index (χ2v) is 7.17. The minimum atomic E-state index is -0.293. The van der Waals surface area contributed by atoms with E-state index in [9.17, 15) is 9.18 Å². The number of benzene rings is 2. The topological polar surface area (TPSA) is 44.4 Å². The van der Waals surface area contributed by atoms with Crippen molar-refractivity contribution in [1.29, 1.82) is 0 Å². The molecule has 2 aromatic carbocycles. The molecule has 1 saturated heterocycles. The molecule has 2 aromatic rings. The number of carbonyl (C=O) groups excluding carboxylic acids is 1. The van der Waals surface area contributed by atoms with Crippen LogP contribution in [0, 0.1) is 11.7 Å². The molecule has 26 heavy (non-hydrogen) atoms. The molecule has 0 saturated carbocycles. The summed E-state index contributed by atoms with van der Waals surface area (Å²) in [6, 6.07) is 12.5. The fourth-order valence-corrected chi connectivity index (χ4v) is 3.91. The largest absolute Gasteiger partial charge is 0.384 e. The molecule has 0 unspecified atom stereocenters. The smallest absolute Gasteiger partial charge is 0.227 e. The number of carbonyl (C=O) groups is 1. The third kappa shape index (κ3) is 3.73. The van der Waals surface area contributed by atoms with Crippen LogP contribution in [0.2, 0.25) is 0 Å². The number of piperidine rings is 1. The van der Waals surface area contributed by atoms with Crippen LogP contribution in [0.15, 0.2) is 42.5 Å². The lowest BCUT2D eigenvalue weighted by Gasteiger charge is -2.31. The zero-order valence-electron chi connectivity index (χ0n) is 14.8. The number of halogens is 1. The normalized spacial score (nSPS) is 17.6. The molecule has 4 nitrogen and oxygen atoms in total. The van der Waals surface area contributed by atoms with E-state index < -0.39 is 0 Å². The van der Waals surface area contributed by atoms with Crippen LogP contribution in [-0.2, 0) is 17.8 Å². The molecule has 0 radical (unpaired) electrons. The van der Waals surface area contributed by atoms with Gasteiger partial charge in [-0.25, -0.2) is 4.39 Å². The second kappa shape index (κ2) is 7.46. The first kappa shape index (κ1) is 17.0. The van der Waals surface area contributed by atoms with Crippen LogP contribution in [0.4, 0.5) is 15.8 Å². The third-order valence-corrected chi connectivity index (χ3v) is 5.40. The van der Waals surface area contributed by atoms with E-state index in [0.717, 1.165) is 45.4 Å². The first-order chi connectivity index (χ1) is 12.7. The first-order valence-corrected chi connectivity index (χ1v) is 9.32. The number of hydrogen-bond donors (Lipinski definition) is 2. The molecule has 0 aliphatic carbocycles. The van der Waals surface area contributed by atoms with Crippen molar-refractivity contribution in [1.82, 2.24) is 4.90 Å². The van der Waals surface area contributed by atoms with E-state index in [-0.39, 0.29) is 17.6 Å². The fraction of sp³-hybridized carbons (Fsp3) is 0.381. The van der Waals surface area contributed by atoms with Gasteiger partial charge in [0, 0.05) is 30.4 Å². The SMILES string of the molecule is O=C(Nc1ccc(F)cc1)C1CCN(Cc2cccc3c2NCC3)CC1. The minimum Gasteiger partial charge on any atom is -0.384 e. The molecular weight excluding hydrogens is 329 g/mol. The van der Waals surface area contributed by atoms with Crippen molar-refractivity contribution in [2.24, 2.45) is 5.92 Å². The van der Waals surface area contributed by atoms with E-state index in [1.807, 2.05) is 0 Å². The Balaban J connectivity index is 1.31. The van der Waals surface area contributed by atoms with Crippen LogP contribution in [0.1, 0.15) is 24.0 Å². The summed E-state index contributed by atoms with van der Waals surface area (Å²) in [4.78, 5) is 14.9. The van der Waals surface area contributed by atoms with E-state index in [4.69, 9.17) is 0 Å². The highest BCUT2D eigenvalue weighted by Crippen LogP contribution is 2.29. The second-order valence-electron chi connectivity index (χ2n) is 7.17. The summed E-state index contributed by atoms with van der Waals surface area (Å²) in [5.74, 6) is -0.229. The maximum absolute atomic E-state index is 13.0. The van der Waals surface area contributed by atoms with Crippen molar-refractivity contribution in [2.75, 3.05) is 30.3 Å². The quantitative estimate of drug-likeness (QED) is 0.882. The average molecular weight is 353 g/mol. The maximum Gasteiger partial charge on any atom is 0.227 e. The summed E-state index contributed by atoms with van der Waals surface area (Å²) in [7, 11) is 0. The molecule has 0 bridgehead atoms. The standard InChI is InChI=1S/C21H24FN3O/c22-18-4-6-19(7-5-18)24-21(26)16-9-12-25(13-10-16)14-17-3-1-2-15-8-11-23-20(15)17/h1-7,16,23H,8-14H2,(H,24,26). The first-order valence-electron chi connectivity index (χ1n) is 9.32. The molecule has 5 heteroatoms. The van der Waals surface area contributed by atoms with Crippen LogP contribution >= 0.6 is 0 Å². The molecule has 2 N–H and O–H groups in total. The van der Waals surface area contributed by atoms with Gasteiger partial charge < -0.3 is 10.6 Å². The Kier molecular flexibility index (Phi) is 4.89. The van der Waals surface area contributed by atoms with E-state index in [2.05, 4.69) is 33.7 Å². The predicted molar refractivity (Wildman–Crippen MR) is 102 cm³/mol. The molecule has 2 heterocycles. The van der Waals surface area contributed by atoms with Gasteiger partial charge in [-0.05, 0) is 67.7 Å². The number of anilines is 2. The lowest BCUT2D eigenvalue weighted by Crippen LogP contribution is -2.37. The number of hydrogen-bond acceptors (Lipinski definition) is 3. The van der Waals surface area contributed by atoms with Gasteiger partial charge in [0.15, 0.2) is 0 Å². The van der Waals surface area contributed by atoms with Gasteiger partial charge in [-0.3, -0.25) is 9.69 Å². The lowest BCUT2D eigenvalue weighted by atomic mass is 9.95. The van der Waals surface area contributed by atoms with Crippen LogP contribution < -0.4 is 10.6 Å². The van der Waals surface area contributed by atoms with Gasteiger partial charge in [0.1, 0.15) is 5.82 Å². The number of nitrogens with one attached hydrogen (secondary N) is 2. The van der Waals surface area contributed by atoms with Gasteiger partial charge >= 0.3 is 0 Å². The summed E-state index contributed by atoms with van der Waals surface area (Å²) in [6.07, 6.45) is 2.82. The van der Waals surface area contributed by atoms with Crippen molar-refractivity contribution in [3.63, 3.8) is 0 Å². The molecule has 4 rings (SSSR count). The van der Waals surface area contributed by atoms with E-state index in [1.54, 1.807) is 12.1 Å². The van der Waals surface area contributed by atoms with Crippen LogP contribution in [0.5, 0.6) is 0 Å². The Morgan fingerprint density at radius 1 is 1.15 bits per heavy atom. The zero-order chi connectivity index (χ0) is 17.9. The molecule has 0 atom stereocenters. The Bertz CT molecular complexity index is 782. The minimum absolute atomic E-state index is 0.0240. The number of likely N-dealkylation sites (tertiary alicyclic amines) is 1. The van der Waals surface area contributed by atoms with Gasteiger partial charge in [0.05, 0.1) is 0 Å². The fourth-order valence-electron chi connectivity index (χ4n) is 3.91. The summed E-state index contributed by atoms with van der Waals surface area (Å²) in [5.41, 5.74) is 4.73. The van der Waals surface area contributed by atoms with Crippen LogP contribution in [0.3, 0.4) is 0 Å². The van der Waals surface area contributed by atoms with E-state index in [0.29, 0.717) is 5.69 Å². The van der Waals surface area contributed by atoms with Gasteiger partial charge in [-0.1, -0.05) is 18.2 Å². The monoisotopic (exact) mass is 353 g/mol. The highest BCUT2D eigenvalue weighted by molar-refractivity contribution is 5.92. The maximum atomic E-state index is 13.0. The van der Waals surface area contributed by atoms with Crippen molar-refractivity contribution in [2.45, 2.75) is 25.8 Å². The Hall–Kier alpha value is -2.40. The number of fused-ring (bicyclic) bond motifs is 1. The summed E-state index contributed by atoms with van der Waals surface area (Å²) in [6.45, 7) is 3.80. The highest BCUT2D eigenvalue weighted by Gasteiger charge is 2.26. The van der Waals surface area contributed by atoms with Crippen molar-refractivity contribution in [3.8, 4) is 0 Å². The Labute approximate surface area is 153 Å². The Morgan fingerprint density at radius 3 is 2.69 bits per heavy atom. The number of nitrogens with zero attached hydrogens (tertiary/aromatic N) is 1. The Morgan fingerprint density at radius 2 is 1.92 bits per heavy atom. The van der Waals surface area contributed by atoms with Crippen LogP contribution in [0.25, 0.3) is 0 Å². The number of rotatable bonds is 4. The summed E-state index contributed by atoms with van der Waals surface area (Å²) >= 11 is 0. The van der Waals surface area contributed by atoms with Crippen LogP contribution in [-0.4, -0.2) is 30.4 Å². The van der Waals surface area contributed by atoms with Gasteiger partial charge in [0.25, 0.3) is 0 Å². The van der Waals surface area contributed by atoms with Gasteiger partial charge in [-0.15, -0.1) is 0 Å². The number of amides is 1.